The molecule has 0 radical (unpaired) electrons. The van der Waals surface area contributed by atoms with Crippen molar-refractivity contribution >= 4 is 41.1 Å². The topological polar surface area (TPSA) is 20.3 Å². The van der Waals surface area contributed by atoms with E-state index >= 15 is 0 Å². The predicted octanol–water partition coefficient (Wildman–Crippen LogP) is 7.74. The molecule has 0 saturated heterocycles. The minimum Gasteiger partial charge on any atom is -0.278 e. The maximum atomic E-state index is 14.4. The summed E-state index contributed by atoms with van der Waals surface area (Å²) in [5.74, 6) is -0.171. The van der Waals surface area contributed by atoms with E-state index in [-0.39, 0.29) is 17.7 Å². The van der Waals surface area contributed by atoms with Crippen LogP contribution in [0.5, 0.6) is 0 Å². The molecule has 0 heterocycles. The van der Waals surface area contributed by atoms with Gasteiger partial charge in [0.25, 0.3) is 5.91 Å². The van der Waals surface area contributed by atoms with Gasteiger partial charge in [0.05, 0.1) is 10.0 Å². The molecule has 1 fully saturated rings. The highest BCUT2D eigenvalue weighted by molar-refractivity contribution is 7.97. The van der Waals surface area contributed by atoms with Gasteiger partial charge < -0.3 is 0 Å². The third-order valence-corrected chi connectivity index (χ3v) is 6.75. The normalized spacial score (nSPS) is 21.0. The van der Waals surface area contributed by atoms with Gasteiger partial charge >= 0.3 is 0 Å². The van der Waals surface area contributed by atoms with Gasteiger partial charge in [-0.2, -0.15) is 0 Å². The number of nitrogens with zero attached hydrogens (tertiary/aromatic N) is 1. The Bertz CT molecular complexity index is 977. The third-order valence-electron chi connectivity index (χ3n) is 4.98. The van der Waals surface area contributed by atoms with Gasteiger partial charge in [0.15, 0.2) is 0 Å². The van der Waals surface area contributed by atoms with E-state index in [1.807, 2.05) is 55.5 Å². The van der Waals surface area contributed by atoms with E-state index in [2.05, 4.69) is 13.8 Å². The zero-order valence-corrected chi connectivity index (χ0v) is 20.1. The van der Waals surface area contributed by atoms with Crippen molar-refractivity contribution in [3.05, 3.63) is 87.9 Å². The summed E-state index contributed by atoms with van der Waals surface area (Å²) in [5, 5.41) is 0.897. The molecule has 3 rings (SSSR count). The maximum absolute atomic E-state index is 14.4. The fourth-order valence-electron chi connectivity index (χ4n) is 3.34. The summed E-state index contributed by atoms with van der Waals surface area (Å²) in [6, 6.07) is 15.1. The Kier molecular flexibility index (Phi) is 8.26. The molecule has 1 amide bonds. The molecular formula is C25H26Cl2FNOS. The molecule has 2 aromatic carbocycles. The monoisotopic (exact) mass is 477 g/mol. The number of carbonyl (C=O) groups is 1. The first-order chi connectivity index (χ1) is 14.8. The highest BCUT2D eigenvalue weighted by Gasteiger charge is 2.50. The van der Waals surface area contributed by atoms with Crippen molar-refractivity contribution < 1.29 is 9.18 Å². The van der Waals surface area contributed by atoms with Crippen LogP contribution in [0.4, 0.5) is 4.39 Å². The molecule has 3 unspecified atom stereocenters. The quantitative estimate of drug-likeness (QED) is 0.220. The first-order valence-corrected chi connectivity index (χ1v) is 11.8. The lowest BCUT2D eigenvalue weighted by Crippen LogP contribution is -2.26. The lowest BCUT2D eigenvalue weighted by atomic mass is 10.1. The van der Waals surface area contributed by atoms with Crippen LogP contribution in [0.25, 0.3) is 0 Å². The van der Waals surface area contributed by atoms with Crippen LogP contribution in [0.15, 0.2) is 77.2 Å². The Morgan fingerprint density at radius 3 is 2.52 bits per heavy atom. The summed E-state index contributed by atoms with van der Waals surface area (Å²) in [7, 11) is 0. The van der Waals surface area contributed by atoms with E-state index in [4.69, 9.17) is 23.2 Å². The minimum atomic E-state index is -0.955. The smallest absolute Gasteiger partial charge is 0.256 e. The minimum absolute atomic E-state index is 0.0710. The van der Waals surface area contributed by atoms with Crippen LogP contribution in [0.3, 0.4) is 0 Å². The van der Waals surface area contributed by atoms with E-state index in [9.17, 15) is 9.18 Å². The summed E-state index contributed by atoms with van der Waals surface area (Å²) in [4.78, 5) is 13.9. The van der Waals surface area contributed by atoms with Crippen LogP contribution in [-0.2, 0) is 4.79 Å². The van der Waals surface area contributed by atoms with Gasteiger partial charge in [0.2, 0.25) is 0 Å². The number of alkyl halides is 1. The number of amides is 1. The van der Waals surface area contributed by atoms with Crippen LogP contribution in [0, 0.1) is 11.8 Å². The molecule has 0 N–H and O–H groups in total. The van der Waals surface area contributed by atoms with Gasteiger partial charge in [0.1, 0.15) is 6.17 Å². The maximum Gasteiger partial charge on any atom is 0.256 e. The SMILES string of the molecule is CC(C=CC1C(F)C1c1ccc(Cl)c(Cl)c1)=CC(=O)N(CC(C)C)Sc1ccccc1. The van der Waals surface area contributed by atoms with E-state index in [0.29, 0.717) is 22.5 Å². The molecule has 1 aliphatic carbocycles. The lowest BCUT2D eigenvalue weighted by molar-refractivity contribution is -0.121. The third kappa shape index (κ3) is 6.61. The zero-order chi connectivity index (χ0) is 22.5. The molecule has 0 aromatic heterocycles. The van der Waals surface area contributed by atoms with Crippen LogP contribution < -0.4 is 0 Å². The van der Waals surface area contributed by atoms with Gasteiger partial charge in [0, 0.05) is 29.4 Å². The largest absolute Gasteiger partial charge is 0.278 e. The van der Waals surface area contributed by atoms with Crippen molar-refractivity contribution in [3.8, 4) is 0 Å². The molecule has 0 bridgehead atoms. The van der Waals surface area contributed by atoms with Gasteiger partial charge in [-0.05, 0) is 60.2 Å². The fraction of sp³-hybridized carbons (Fsp3) is 0.320. The van der Waals surface area contributed by atoms with Crippen molar-refractivity contribution in [3.63, 3.8) is 0 Å². The number of halogens is 3. The zero-order valence-electron chi connectivity index (χ0n) is 17.8. The van der Waals surface area contributed by atoms with Gasteiger partial charge in [-0.15, -0.1) is 0 Å². The standard InChI is InChI=1S/C25H26Cl2FNOS/c1-16(2)15-29(31-19-7-5-4-6-8-19)23(30)13-17(3)9-11-20-24(25(20)28)18-10-12-21(26)22(27)14-18/h4-14,16,20,24-25H,15H2,1-3H3. The Labute approximate surface area is 198 Å². The predicted molar refractivity (Wildman–Crippen MR) is 129 cm³/mol. The molecule has 3 atom stereocenters. The molecular weight excluding hydrogens is 452 g/mol. The molecule has 2 aromatic rings. The van der Waals surface area contributed by atoms with Crippen molar-refractivity contribution in [2.24, 2.45) is 11.8 Å². The molecule has 6 heteroatoms. The number of rotatable bonds is 8. The number of benzene rings is 2. The van der Waals surface area contributed by atoms with Gasteiger partial charge in [-0.25, -0.2) is 4.39 Å². The van der Waals surface area contributed by atoms with Crippen LogP contribution in [0.2, 0.25) is 10.0 Å². The summed E-state index contributed by atoms with van der Waals surface area (Å²) in [6.07, 6.45) is 4.32. The van der Waals surface area contributed by atoms with Crippen molar-refractivity contribution in [1.82, 2.24) is 4.31 Å². The molecule has 1 aliphatic rings. The summed E-state index contributed by atoms with van der Waals surface area (Å²) < 4.78 is 16.1. The van der Waals surface area contributed by atoms with Crippen molar-refractivity contribution in [2.75, 3.05) is 6.54 Å². The highest BCUT2D eigenvalue weighted by Crippen LogP contribution is 2.52. The van der Waals surface area contributed by atoms with E-state index < -0.39 is 6.17 Å². The van der Waals surface area contributed by atoms with Crippen molar-refractivity contribution in [2.45, 2.75) is 37.8 Å². The molecule has 164 valence electrons. The molecule has 1 saturated carbocycles. The summed E-state index contributed by atoms with van der Waals surface area (Å²) in [6.45, 7) is 6.67. The van der Waals surface area contributed by atoms with Crippen LogP contribution >= 0.6 is 35.1 Å². The van der Waals surface area contributed by atoms with Crippen LogP contribution in [-0.4, -0.2) is 22.9 Å². The molecule has 0 spiro atoms. The van der Waals surface area contributed by atoms with E-state index in [1.165, 1.54) is 11.9 Å². The summed E-state index contributed by atoms with van der Waals surface area (Å²) >= 11 is 13.5. The molecule has 31 heavy (non-hydrogen) atoms. The van der Waals surface area contributed by atoms with Crippen LogP contribution in [0.1, 0.15) is 32.3 Å². The average molecular weight is 478 g/mol. The van der Waals surface area contributed by atoms with E-state index in [0.717, 1.165) is 16.0 Å². The first-order valence-electron chi connectivity index (χ1n) is 10.3. The van der Waals surface area contributed by atoms with Gasteiger partial charge in [-0.3, -0.25) is 9.10 Å². The Hall–Kier alpha value is -1.75. The Morgan fingerprint density at radius 1 is 1.16 bits per heavy atom. The lowest BCUT2D eigenvalue weighted by Gasteiger charge is -2.22. The van der Waals surface area contributed by atoms with E-state index in [1.54, 1.807) is 22.5 Å². The Morgan fingerprint density at radius 2 is 1.87 bits per heavy atom. The number of hydrogen-bond donors (Lipinski definition) is 0. The van der Waals surface area contributed by atoms with Crippen molar-refractivity contribution in [1.29, 1.82) is 0 Å². The second-order valence-corrected chi connectivity index (χ2v) is 10.1. The second kappa shape index (κ2) is 10.7. The first kappa shape index (κ1) is 23.9. The molecule has 0 aliphatic heterocycles. The summed E-state index contributed by atoms with van der Waals surface area (Å²) in [5.41, 5.74) is 1.64. The number of hydrogen-bond acceptors (Lipinski definition) is 2. The Balaban J connectivity index is 1.65. The number of allylic oxidation sites excluding steroid dienone is 3. The fourth-order valence-corrected chi connectivity index (χ4v) is 4.69. The van der Waals surface area contributed by atoms with Gasteiger partial charge in [-0.1, -0.05) is 73.5 Å². The highest BCUT2D eigenvalue weighted by atomic mass is 35.5. The number of carbonyl (C=O) groups excluding carboxylic acids is 1. The molecule has 2 nitrogen and oxygen atoms in total. The average Bonchev–Trinajstić information content (AvgIpc) is 3.37. The second-order valence-electron chi connectivity index (χ2n) is 8.17.